The van der Waals surface area contributed by atoms with Crippen LogP contribution < -0.4 is 0 Å². The van der Waals surface area contributed by atoms with Gasteiger partial charge in [0.25, 0.3) is 0 Å². The highest BCUT2D eigenvalue weighted by Crippen LogP contribution is 2.25. The third-order valence-corrected chi connectivity index (χ3v) is 2.20. The molecule has 1 N–H and O–H groups in total. The summed E-state index contributed by atoms with van der Waals surface area (Å²) in [5, 5.41) is 17.5. The van der Waals surface area contributed by atoms with Crippen molar-refractivity contribution in [1.29, 1.82) is 5.26 Å². The molecule has 1 fully saturated rings. The van der Waals surface area contributed by atoms with Crippen LogP contribution in [0.25, 0.3) is 0 Å². The summed E-state index contributed by atoms with van der Waals surface area (Å²) >= 11 is 0. The van der Waals surface area contributed by atoms with E-state index in [0.717, 1.165) is 25.7 Å². The Hall–Kier alpha value is -0.550. The minimum atomic E-state index is -0.0880. The van der Waals surface area contributed by atoms with Crippen molar-refractivity contribution in [2.45, 2.75) is 38.2 Å². The molecule has 2 nitrogen and oxygen atoms in total. The lowest BCUT2D eigenvalue weighted by atomic mass is 9.86. The van der Waals surface area contributed by atoms with Gasteiger partial charge in [0.1, 0.15) is 0 Å². The number of hydrogen-bond donors (Lipinski definition) is 1. The van der Waals surface area contributed by atoms with Crippen LogP contribution in [0.1, 0.15) is 32.1 Å². The maximum absolute atomic E-state index is 9.11. The number of hydrogen-bond acceptors (Lipinski definition) is 2. The zero-order chi connectivity index (χ0) is 7.40. The SMILES string of the molecule is N#CC[C@H]1CC[C@@H](O)CC1. The Bertz CT molecular complexity index is 131. The molecule has 56 valence electrons. The van der Waals surface area contributed by atoms with Crippen LogP contribution in [0.5, 0.6) is 0 Å². The van der Waals surface area contributed by atoms with Gasteiger partial charge >= 0.3 is 0 Å². The molecule has 1 rings (SSSR count). The van der Waals surface area contributed by atoms with Crippen LogP contribution in [0.3, 0.4) is 0 Å². The van der Waals surface area contributed by atoms with Gasteiger partial charge in [-0.2, -0.15) is 5.26 Å². The molecule has 0 aromatic carbocycles. The van der Waals surface area contributed by atoms with E-state index in [-0.39, 0.29) is 6.10 Å². The molecule has 0 amide bonds. The second kappa shape index (κ2) is 3.58. The summed E-state index contributed by atoms with van der Waals surface area (Å²) in [6.45, 7) is 0. The summed E-state index contributed by atoms with van der Waals surface area (Å²) in [6, 6.07) is 2.17. The van der Waals surface area contributed by atoms with Crippen molar-refractivity contribution < 1.29 is 5.11 Å². The quantitative estimate of drug-likeness (QED) is 0.597. The summed E-state index contributed by atoms with van der Waals surface area (Å²) in [4.78, 5) is 0. The Morgan fingerprint density at radius 1 is 1.30 bits per heavy atom. The van der Waals surface area contributed by atoms with Crippen LogP contribution in [-0.2, 0) is 0 Å². The number of nitrogens with zero attached hydrogens (tertiary/aromatic N) is 1. The summed E-state index contributed by atoms with van der Waals surface area (Å²) in [7, 11) is 0. The molecule has 0 spiro atoms. The van der Waals surface area contributed by atoms with Crippen LogP contribution in [0.2, 0.25) is 0 Å². The van der Waals surface area contributed by atoms with Gasteiger partial charge in [0, 0.05) is 6.42 Å². The molecule has 10 heavy (non-hydrogen) atoms. The maximum atomic E-state index is 9.11. The predicted octanol–water partition coefficient (Wildman–Crippen LogP) is 1.45. The monoisotopic (exact) mass is 139 g/mol. The van der Waals surface area contributed by atoms with Crippen LogP contribution in [0.4, 0.5) is 0 Å². The summed E-state index contributed by atoms with van der Waals surface area (Å²) in [5.74, 6) is 0.563. The van der Waals surface area contributed by atoms with E-state index in [4.69, 9.17) is 10.4 Å². The second-order valence-corrected chi connectivity index (χ2v) is 3.04. The van der Waals surface area contributed by atoms with Crippen molar-refractivity contribution >= 4 is 0 Å². The van der Waals surface area contributed by atoms with Crippen molar-refractivity contribution in [2.24, 2.45) is 5.92 Å². The van der Waals surface area contributed by atoms with Crippen LogP contribution >= 0.6 is 0 Å². The van der Waals surface area contributed by atoms with E-state index < -0.39 is 0 Å². The molecule has 1 aliphatic carbocycles. The van der Waals surface area contributed by atoms with Crippen molar-refractivity contribution in [3.8, 4) is 6.07 Å². The first kappa shape index (κ1) is 7.56. The van der Waals surface area contributed by atoms with Gasteiger partial charge in [-0.15, -0.1) is 0 Å². The van der Waals surface area contributed by atoms with E-state index >= 15 is 0 Å². The molecule has 1 aliphatic rings. The normalized spacial score (nSPS) is 33.2. The molecular weight excluding hydrogens is 126 g/mol. The minimum absolute atomic E-state index is 0.0880. The summed E-state index contributed by atoms with van der Waals surface area (Å²) in [6.07, 6.45) is 4.45. The number of nitriles is 1. The van der Waals surface area contributed by atoms with E-state index in [2.05, 4.69) is 6.07 Å². The third-order valence-electron chi connectivity index (χ3n) is 2.20. The fourth-order valence-electron chi connectivity index (χ4n) is 1.48. The first-order valence-electron chi connectivity index (χ1n) is 3.88. The van der Waals surface area contributed by atoms with E-state index in [1.165, 1.54) is 0 Å². The molecule has 0 atom stereocenters. The summed E-state index contributed by atoms with van der Waals surface area (Å²) in [5.41, 5.74) is 0. The van der Waals surface area contributed by atoms with Crippen molar-refractivity contribution in [3.05, 3.63) is 0 Å². The van der Waals surface area contributed by atoms with E-state index in [0.29, 0.717) is 12.3 Å². The Kier molecular flexibility index (Phi) is 2.70. The second-order valence-electron chi connectivity index (χ2n) is 3.04. The van der Waals surface area contributed by atoms with Crippen LogP contribution in [0.15, 0.2) is 0 Å². The van der Waals surface area contributed by atoms with Gasteiger partial charge in [0.15, 0.2) is 0 Å². The van der Waals surface area contributed by atoms with Crippen LogP contribution in [0, 0.1) is 17.2 Å². The van der Waals surface area contributed by atoms with Gasteiger partial charge in [-0.25, -0.2) is 0 Å². The number of aliphatic hydroxyl groups excluding tert-OH is 1. The van der Waals surface area contributed by atoms with Crippen LogP contribution in [-0.4, -0.2) is 11.2 Å². The molecule has 0 unspecified atom stereocenters. The lowest BCUT2D eigenvalue weighted by Gasteiger charge is -2.22. The highest BCUT2D eigenvalue weighted by Gasteiger charge is 2.18. The first-order chi connectivity index (χ1) is 4.83. The lowest BCUT2D eigenvalue weighted by Crippen LogP contribution is -2.17. The number of aliphatic hydroxyl groups is 1. The van der Waals surface area contributed by atoms with Gasteiger partial charge < -0.3 is 5.11 Å². The molecule has 0 saturated heterocycles. The molecule has 1 saturated carbocycles. The Balaban J connectivity index is 2.21. The molecule has 0 radical (unpaired) electrons. The number of rotatable bonds is 1. The fraction of sp³-hybridized carbons (Fsp3) is 0.875. The fourth-order valence-corrected chi connectivity index (χ4v) is 1.48. The topological polar surface area (TPSA) is 44.0 Å². The maximum Gasteiger partial charge on any atom is 0.0624 e. The van der Waals surface area contributed by atoms with Gasteiger partial charge in [0.2, 0.25) is 0 Å². The van der Waals surface area contributed by atoms with Gasteiger partial charge in [0.05, 0.1) is 12.2 Å². The largest absolute Gasteiger partial charge is 0.393 e. The smallest absolute Gasteiger partial charge is 0.0624 e. The molecule has 2 heteroatoms. The standard InChI is InChI=1S/C8H13NO/c9-6-5-7-1-3-8(10)4-2-7/h7-8,10H,1-5H2/t7-,8+. The third kappa shape index (κ3) is 2.00. The van der Waals surface area contributed by atoms with Gasteiger partial charge in [-0.3, -0.25) is 0 Å². The molecule has 0 aliphatic heterocycles. The van der Waals surface area contributed by atoms with Crippen molar-refractivity contribution in [1.82, 2.24) is 0 Å². The van der Waals surface area contributed by atoms with Crippen molar-refractivity contribution in [2.75, 3.05) is 0 Å². The zero-order valence-corrected chi connectivity index (χ0v) is 6.08. The predicted molar refractivity (Wildman–Crippen MR) is 38.2 cm³/mol. The summed E-state index contributed by atoms with van der Waals surface area (Å²) < 4.78 is 0. The highest BCUT2D eigenvalue weighted by atomic mass is 16.3. The Morgan fingerprint density at radius 3 is 2.40 bits per heavy atom. The molecule has 0 bridgehead atoms. The Morgan fingerprint density at radius 2 is 1.90 bits per heavy atom. The average molecular weight is 139 g/mol. The highest BCUT2D eigenvalue weighted by molar-refractivity contribution is 4.80. The van der Waals surface area contributed by atoms with Crippen molar-refractivity contribution in [3.63, 3.8) is 0 Å². The average Bonchev–Trinajstić information content (AvgIpc) is 1.95. The van der Waals surface area contributed by atoms with Gasteiger partial charge in [-0.1, -0.05) is 0 Å². The molecule has 0 aromatic rings. The van der Waals surface area contributed by atoms with E-state index in [9.17, 15) is 0 Å². The molecule has 0 aromatic heterocycles. The minimum Gasteiger partial charge on any atom is -0.393 e. The van der Waals surface area contributed by atoms with Gasteiger partial charge in [-0.05, 0) is 31.6 Å². The first-order valence-corrected chi connectivity index (χ1v) is 3.88. The van der Waals surface area contributed by atoms with E-state index in [1.807, 2.05) is 0 Å². The molecular formula is C8H13NO. The molecule has 0 heterocycles. The zero-order valence-electron chi connectivity index (χ0n) is 6.08. The Labute approximate surface area is 61.5 Å². The lowest BCUT2D eigenvalue weighted by molar-refractivity contribution is 0.109. The van der Waals surface area contributed by atoms with E-state index in [1.54, 1.807) is 0 Å².